The molecule has 0 fully saturated rings. The van der Waals surface area contributed by atoms with E-state index in [0.29, 0.717) is 19.3 Å². The van der Waals surface area contributed by atoms with Crippen LogP contribution in [0.5, 0.6) is 0 Å². The summed E-state index contributed by atoms with van der Waals surface area (Å²) in [6.45, 7) is 6.53. The number of rotatable bonds is 36. The molecule has 0 saturated carbocycles. The fourth-order valence-corrected chi connectivity index (χ4v) is 5.79. The quantitative estimate of drug-likeness (QED) is 0.0381. The van der Waals surface area contributed by atoms with E-state index in [0.717, 1.165) is 64.2 Å². The summed E-state index contributed by atoms with van der Waals surface area (Å²) in [7, 11) is 0. The summed E-state index contributed by atoms with van der Waals surface area (Å²) < 4.78 is 16.5. The Labute approximate surface area is 285 Å². The topological polar surface area (TPSA) is 78.9 Å². The predicted octanol–water partition coefficient (Wildman–Crippen LogP) is 12.1. The second-order valence-corrected chi connectivity index (χ2v) is 13.6. The van der Waals surface area contributed by atoms with Crippen LogP contribution in [-0.4, -0.2) is 37.2 Å². The number of carbonyl (C=O) groups excluding carboxylic acids is 3. The molecule has 0 aliphatic heterocycles. The minimum absolute atomic E-state index is 0.0652. The van der Waals surface area contributed by atoms with E-state index in [1.165, 1.54) is 116 Å². The van der Waals surface area contributed by atoms with Crippen molar-refractivity contribution in [2.24, 2.45) is 0 Å². The van der Waals surface area contributed by atoms with Crippen LogP contribution >= 0.6 is 0 Å². The third-order valence-electron chi connectivity index (χ3n) is 8.86. The van der Waals surface area contributed by atoms with Crippen molar-refractivity contribution in [1.82, 2.24) is 0 Å². The summed E-state index contributed by atoms with van der Waals surface area (Å²) in [6.07, 6.45) is 34.0. The lowest BCUT2D eigenvalue weighted by atomic mass is 10.0. The van der Waals surface area contributed by atoms with Gasteiger partial charge in [0.1, 0.15) is 13.2 Å². The van der Waals surface area contributed by atoms with Crippen LogP contribution in [0.3, 0.4) is 0 Å². The standard InChI is InChI=1S/C40H76O6/c1-4-7-10-13-15-17-18-19-20-21-23-25-28-30-33-39(42)45-36-37(46-40(43)34-31-26-12-9-6-3)35-44-38(41)32-29-27-24-22-16-14-11-8-5-2/h37H,4-36H2,1-3H3/t37-/m1/s1. The molecule has 0 aromatic rings. The van der Waals surface area contributed by atoms with E-state index >= 15 is 0 Å². The Morgan fingerprint density at radius 3 is 0.870 bits per heavy atom. The molecule has 0 N–H and O–H groups in total. The zero-order valence-corrected chi connectivity index (χ0v) is 30.9. The largest absolute Gasteiger partial charge is 0.462 e. The average Bonchev–Trinajstić information content (AvgIpc) is 3.05. The van der Waals surface area contributed by atoms with Crippen LogP contribution < -0.4 is 0 Å². The number of hydrogen-bond donors (Lipinski definition) is 0. The lowest BCUT2D eigenvalue weighted by Crippen LogP contribution is -2.30. The van der Waals surface area contributed by atoms with E-state index in [4.69, 9.17) is 14.2 Å². The molecule has 46 heavy (non-hydrogen) atoms. The Bertz CT molecular complexity index is 679. The Kier molecular flexibility index (Phi) is 35.0. The minimum Gasteiger partial charge on any atom is -0.462 e. The maximum Gasteiger partial charge on any atom is 0.306 e. The van der Waals surface area contributed by atoms with Gasteiger partial charge in [-0.25, -0.2) is 0 Å². The monoisotopic (exact) mass is 653 g/mol. The molecular weight excluding hydrogens is 576 g/mol. The second kappa shape index (κ2) is 36.2. The molecule has 1 atom stereocenters. The van der Waals surface area contributed by atoms with Gasteiger partial charge in [0.25, 0.3) is 0 Å². The van der Waals surface area contributed by atoms with Crippen molar-refractivity contribution in [2.45, 2.75) is 226 Å². The molecular formula is C40H76O6. The van der Waals surface area contributed by atoms with Crippen LogP contribution in [0.25, 0.3) is 0 Å². The molecule has 0 aliphatic carbocycles. The van der Waals surface area contributed by atoms with Crippen LogP contribution in [0.2, 0.25) is 0 Å². The lowest BCUT2D eigenvalue weighted by Gasteiger charge is -2.18. The fourth-order valence-electron chi connectivity index (χ4n) is 5.79. The number of unbranched alkanes of at least 4 members (excludes halogenated alkanes) is 25. The average molecular weight is 653 g/mol. The molecule has 0 amide bonds. The number of esters is 3. The maximum absolute atomic E-state index is 12.4. The SMILES string of the molecule is CCCCCCCCCCCCCCCCC(=O)OC[C@@H](COC(=O)CCCCCCCCCCC)OC(=O)CCCCCCC. The smallest absolute Gasteiger partial charge is 0.306 e. The van der Waals surface area contributed by atoms with Gasteiger partial charge in [-0.05, 0) is 19.3 Å². The van der Waals surface area contributed by atoms with Crippen molar-refractivity contribution >= 4 is 17.9 Å². The Morgan fingerprint density at radius 1 is 0.348 bits per heavy atom. The number of ether oxygens (including phenoxy) is 3. The summed E-state index contributed by atoms with van der Waals surface area (Å²) in [4.78, 5) is 37.2. The maximum atomic E-state index is 12.4. The van der Waals surface area contributed by atoms with Crippen LogP contribution in [0.1, 0.15) is 220 Å². The van der Waals surface area contributed by atoms with E-state index in [1.807, 2.05) is 0 Å². The van der Waals surface area contributed by atoms with Gasteiger partial charge in [-0.2, -0.15) is 0 Å². The number of carbonyl (C=O) groups is 3. The van der Waals surface area contributed by atoms with Crippen LogP contribution in [0.4, 0.5) is 0 Å². The van der Waals surface area contributed by atoms with Gasteiger partial charge in [0, 0.05) is 19.3 Å². The molecule has 0 bridgehead atoms. The molecule has 0 aromatic heterocycles. The van der Waals surface area contributed by atoms with E-state index in [-0.39, 0.29) is 31.1 Å². The molecule has 6 heteroatoms. The molecule has 0 heterocycles. The summed E-state index contributed by atoms with van der Waals surface area (Å²) in [5.41, 5.74) is 0. The highest BCUT2D eigenvalue weighted by Crippen LogP contribution is 2.15. The van der Waals surface area contributed by atoms with Crippen LogP contribution in [0.15, 0.2) is 0 Å². The Balaban J connectivity index is 4.17. The van der Waals surface area contributed by atoms with Crippen LogP contribution in [-0.2, 0) is 28.6 Å². The van der Waals surface area contributed by atoms with Gasteiger partial charge in [0.05, 0.1) is 0 Å². The predicted molar refractivity (Wildman–Crippen MR) is 192 cm³/mol. The summed E-state index contributed by atoms with van der Waals surface area (Å²) >= 11 is 0. The van der Waals surface area contributed by atoms with E-state index in [2.05, 4.69) is 20.8 Å². The molecule has 0 rings (SSSR count). The zero-order valence-electron chi connectivity index (χ0n) is 30.9. The highest BCUT2D eigenvalue weighted by molar-refractivity contribution is 5.71. The van der Waals surface area contributed by atoms with E-state index < -0.39 is 6.10 Å². The van der Waals surface area contributed by atoms with Crippen molar-refractivity contribution in [2.75, 3.05) is 13.2 Å². The molecule has 0 saturated heterocycles. The van der Waals surface area contributed by atoms with Crippen molar-refractivity contribution in [3.8, 4) is 0 Å². The van der Waals surface area contributed by atoms with Gasteiger partial charge >= 0.3 is 17.9 Å². The van der Waals surface area contributed by atoms with E-state index in [1.54, 1.807) is 0 Å². The normalized spacial score (nSPS) is 11.8. The van der Waals surface area contributed by atoms with E-state index in [9.17, 15) is 14.4 Å². The van der Waals surface area contributed by atoms with Crippen molar-refractivity contribution < 1.29 is 28.6 Å². The van der Waals surface area contributed by atoms with Crippen molar-refractivity contribution in [3.05, 3.63) is 0 Å². The highest BCUT2D eigenvalue weighted by Gasteiger charge is 2.19. The van der Waals surface area contributed by atoms with Gasteiger partial charge in [-0.1, -0.05) is 181 Å². The fraction of sp³-hybridized carbons (Fsp3) is 0.925. The van der Waals surface area contributed by atoms with Crippen molar-refractivity contribution in [3.63, 3.8) is 0 Å². The number of hydrogen-bond acceptors (Lipinski definition) is 6. The Hall–Kier alpha value is -1.59. The molecule has 0 aromatic carbocycles. The first-order valence-electron chi connectivity index (χ1n) is 20.0. The van der Waals surface area contributed by atoms with Gasteiger partial charge in [-0.15, -0.1) is 0 Å². The minimum atomic E-state index is -0.754. The Morgan fingerprint density at radius 2 is 0.587 bits per heavy atom. The second-order valence-electron chi connectivity index (χ2n) is 13.6. The van der Waals surface area contributed by atoms with Gasteiger partial charge < -0.3 is 14.2 Å². The molecule has 0 spiro atoms. The highest BCUT2D eigenvalue weighted by atomic mass is 16.6. The van der Waals surface area contributed by atoms with Gasteiger partial charge in [0.15, 0.2) is 6.10 Å². The van der Waals surface area contributed by atoms with Gasteiger partial charge in [0.2, 0.25) is 0 Å². The molecule has 0 aliphatic rings. The molecule has 0 unspecified atom stereocenters. The summed E-state index contributed by atoms with van der Waals surface area (Å²) in [5.74, 6) is -0.877. The van der Waals surface area contributed by atoms with Crippen molar-refractivity contribution in [1.29, 1.82) is 0 Å². The summed E-state index contributed by atoms with van der Waals surface area (Å²) in [6, 6.07) is 0. The molecule has 0 radical (unpaired) electrons. The van der Waals surface area contributed by atoms with Crippen LogP contribution in [0, 0.1) is 0 Å². The molecule has 6 nitrogen and oxygen atoms in total. The first kappa shape index (κ1) is 44.4. The lowest BCUT2D eigenvalue weighted by molar-refractivity contribution is -0.167. The first-order valence-corrected chi connectivity index (χ1v) is 20.0. The van der Waals surface area contributed by atoms with Gasteiger partial charge in [-0.3, -0.25) is 14.4 Å². The molecule has 272 valence electrons. The summed E-state index contributed by atoms with van der Waals surface area (Å²) in [5, 5.41) is 0. The first-order chi connectivity index (χ1) is 22.5. The third-order valence-corrected chi connectivity index (χ3v) is 8.86. The third kappa shape index (κ3) is 33.8. The zero-order chi connectivity index (χ0) is 33.8.